The summed E-state index contributed by atoms with van der Waals surface area (Å²) in [5.41, 5.74) is -2.30. The van der Waals surface area contributed by atoms with Crippen molar-refractivity contribution in [1.29, 1.82) is 5.41 Å². The topological polar surface area (TPSA) is 112 Å². The molecule has 0 aliphatic heterocycles. The number of hydrogen-bond acceptors (Lipinski definition) is 6. The Balaban J connectivity index is 2.29. The second-order valence-corrected chi connectivity index (χ2v) is 10.2. The maximum Gasteiger partial charge on any atom is 0.417 e. The highest BCUT2D eigenvalue weighted by Gasteiger charge is 2.34. The van der Waals surface area contributed by atoms with Crippen LogP contribution in [-0.4, -0.2) is 46.5 Å². The van der Waals surface area contributed by atoms with Crippen molar-refractivity contribution in [1.82, 2.24) is 10.6 Å². The number of ether oxygens (including phenoxy) is 1. The smallest absolute Gasteiger partial charge is 0.417 e. The molecule has 1 amide bonds. The lowest BCUT2D eigenvalue weighted by molar-refractivity contribution is -0.155. The van der Waals surface area contributed by atoms with Gasteiger partial charge in [0.1, 0.15) is 11.3 Å². The van der Waals surface area contributed by atoms with Gasteiger partial charge in [-0.15, -0.1) is 0 Å². The number of rotatable bonds is 10. The van der Waals surface area contributed by atoms with Gasteiger partial charge in [-0.2, -0.15) is 13.2 Å². The lowest BCUT2D eigenvalue weighted by atomic mass is 10.0. The van der Waals surface area contributed by atoms with Gasteiger partial charge in [0.25, 0.3) is 5.91 Å². The van der Waals surface area contributed by atoms with Crippen LogP contribution in [0.1, 0.15) is 77.3 Å². The average Bonchev–Trinajstić information content (AvgIpc) is 3.23. The number of esters is 1. The van der Waals surface area contributed by atoms with Crippen LogP contribution in [0.5, 0.6) is 0 Å². The maximum absolute atomic E-state index is 13.7. The van der Waals surface area contributed by atoms with Crippen molar-refractivity contribution in [2.45, 2.75) is 96.2 Å². The van der Waals surface area contributed by atoms with Gasteiger partial charge in [-0.1, -0.05) is 31.0 Å². The van der Waals surface area contributed by atoms with E-state index in [1.807, 2.05) is 0 Å². The molecule has 2 rings (SSSR count). The number of aliphatic hydroxyl groups is 1. The molecule has 4 N–H and O–H groups in total. The zero-order valence-electron chi connectivity index (χ0n) is 21.2. The van der Waals surface area contributed by atoms with Gasteiger partial charge >= 0.3 is 12.1 Å². The molecule has 1 saturated carbocycles. The van der Waals surface area contributed by atoms with E-state index in [1.54, 1.807) is 20.8 Å². The van der Waals surface area contributed by atoms with Crippen LogP contribution < -0.4 is 10.6 Å². The predicted molar refractivity (Wildman–Crippen MR) is 131 cm³/mol. The first kappa shape index (κ1) is 29.4. The maximum atomic E-state index is 13.7. The molecule has 1 aliphatic rings. The molecule has 10 heteroatoms. The fourth-order valence-corrected chi connectivity index (χ4v) is 4.11. The molecule has 36 heavy (non-hydrogen) atoms. The molecule has 0 aromatic heterocycles. The molecule has 0 saturated heterocycles. The summed E-state index contributed by atoms with van der Waals surface area (Å²) in [6.45, 7) is 6.60. The standard InChI is InChI=1S/C26H36F3N3O4/c1-16(33)13-18(14-23(34)36-25(2,3)4)32-24(35)21(30)15-22(31-17-9-5-6-10-17)19-11-7-8-12-20(19)26(27,28)29/h7-8,11-12,15-18,30-31,33H,5-6,9-10,13-14H2,1-4H3,(H,32,35)/b22-15-,30-21?/t16?,18-/m0/s1. The van der Waals surface area contributed by atoms with Crippen LogP contribution in [-0.2, 0) is 20.5 Å². The highest BCUT2D eigenvalue weighted by molar-refractivity contribution is 6.43. The molecule has 2 atom stereocenters. The zero-order chi connectivity index (χ0) is 27.1. The second-order valence-electron chi connectivity index (χ2n) is 10.2. The molecule has 200 valence electrons. The Morgan fingerprint density at radius 1 is 1.19 bits per heavy atom. The van der Waals surface area contributed by atoms with E-state index in [0.29, 0.717) is 0 Å². The number of nitrogens with one attached hydrogen (secondary N) is 3. The first-order chi connectivity index (χ1) is 16.7. The summed E-state index contributed by atoms with van der Waals surface area (Å²) in [6.07, 6.45) is -1.14. The number of carbonyl (C=O) groups is 2. The fraction of sp³-hybridized carbons (Fsp3) is 0.577. The largest absolute Gasteiger partial charge is 0.460 e. The molecule has 1 aliphatic carbocycles. The van der Waals surface area contributed by atoms with Crippen LogP contribution in [0, 0.1) is 5.41 Å². The Bertz CT molecular complexity index is 962. The van der Waals surface area contributed by atoms with Crippen molar-refractivity contribution in [2.75, 3.05) is 0 Å². The Hall–Kier alpha value is -2.88. The van der Waals surface area contributed by atoms with E-state index >= 15 is 0 Å². The van der Waals surface area contributed by atoms with Crippen molar-refractivity contribution in [2.24, 2.45) is 0 Å². The summed E-state index contributed by atoms with van der Waals surface area (Å²) < 4.78 is 46.4. The number of hydrogen-bond donors (Lipinski definition) is 4. The SMILES string of the molecule is CC(O)C[C@@H](CC(=O)OC(C)(C)C)NC(=O)C(=N)/C=C(\NC1CCCC1)c1ccccc1C(F)(F)F. The normalized spacial score (nSPS) is 16.8. The van der Waals surface area contributed by atoms with E-state index in [-0.39, 0.29) is 30.1 Å². The second kappa shape index (κ2) is 12.4. The molecule has 0 radical (unpaired) electrons. The van der Waals surface area contributed by atoms with Gasteiger partial charge in [0.05, 0.1) is 18.1 Å². The van der Waals surface area contributed by atoms with Crippen molar-refractivity contribution >= 4 is 23.3 Å². The van der Waals surface area contributed by atoms with Gasteiger partial charge in [-0.05, 0) is 59.1 Å². The van der Waals surface area contributed by atoms with Gasteiger partial charge in [0, 0.05) is 23.3 Å². The molecule has 1 unspecified atom stereocenters. The summed E-state index contributed by atoms with van der Waals surface area (Å²) in [7, 11) is 0. The lowest BCUT2D eigenvalue weighted by Gasteiger charge is -2.24. The van der Waals surface area contributed by atoms with Crippen molar-refractivity contribution in [3.8, 4) is 0 Å². The molecular weight excluding hydrogens is 475 g/mol. The zero-order valence-corrected chi connectivity index (χ0v) is 21.2. The summed E-state index contributed by atoms with van der Waals surface area (Å²) in [5.74, 6) is -1.46. The third kappa shape index (κ3) is 9.64. The fourth-order valence-electron chi connectivity index (χ4n) is 4.11. The Kier molecular flexibility index (Phi) is 10.1. The minimum absolute atomic E-state index is 0.0338. The number of carbonyl (C=O) groups excluding carboxylic acids is 2. The summed E-state index contributed by atoms with van der Waals surface area (Å²) in [6, 6.07) is 4.13. The minimum Gasteiger partial charge on any atom is -0.460 e. The van der Waals surface area contributed by atoms with Gasteiger partial charge in [-0.25, -0.2) is 0 Å². The molecule has 0 spiro atoms. The molecular formula is C26H36F3N3O4. The van der Waals surface area contributed by atoms with Crippen LogP contribution in [0.2, 0.25) is 0 Å². The molecule has 0 bridgehead atoms. The van der Waals surface area contributed by atoms with Crippen LogP contribution in [0.3, 0.4) is 0 Å². The Morgan fingerprint density at radius 3 is 2.36 bits per heavy atom. The van der Waals surface area contributed by atoms with Crippen molar-refractivity contribution in [3.05, 3.63) is 41.5 Å². The number of aliphatic hydroxyl groups excluding tert-OH is 1. The van der Waals surface area contributed by atoms with Gasteiger partial charge < -0.3 is 20.5 Å². The predicted octanol–water partition coefficient (Wildman–Crippen LogP) is 4.59. The van der Waals surface area contributed by atoms with Crippen molar-refractivity contribution in [3.63, 3.8) is 0 Å². The number of alkyl halides is 3. The minimum atomic E-state index is -4.62. The summed E-state index contributed by atoms with van der Waals surface area (Å²) in [4.78, 5) is 25.1. The van der Waals surface area contributed by atoms with E-state index < -0.39 is 47.1 Å². The molecule has 1 aromatic rings. The third-order valence-electron chi connectivity index (χ3n) is 5.56. The highest BCUT2D eigenvalue weighted by atomic mass is 19.4. The summed E-state index contributed by atoms with van der Waals surface area (Å²) >= 11 is 0. The Morgan fingerprint density at radius 2 is 1.81 bits per heavy atom. The van der Waals surface area contributed by atoms with E-state index in [1.165, 1.54) is 25.1 Å². The van der Waals surface area contributed by atoms with E-state index in [4.69, 9.17) is 10.1 Å². The number of benzene rings is 1. The Labute approximate surface area is 210 Å². The van der Waals surface area contributed by atoms with Crippen molar-refractivity contribution < 1.29 is 32.6 Å². The first-order valence-corrected chi connectivity index (χ1v) is 12.1. The van der Waals surface area contributed by atoms with E-state index in [9.17, 15) is 27.9 Å². The van der Waals surface area contributed by atoms with Crippen LogP contribution in [0.25, 0.3) is 5.70 Å². The van der Waals surface area contributed by atoms with Gasteiger partial charge in [-0.3, -0.25) is 15.0 Å². The highest BCUT2D eigenvalue weighted by Crippen LogP contribution is 2.35. The van der Waals surface area contributed by atoms with E-state index in [2.05, 4.69) is 10.6 Å². The van der Waals surface area contributed by atoms with Crippen LogP contribution >= 0.6 is 0 Å². The van der Waals surface area contributed by atoms with Gasteiger partial charge in [0.2, 0.25) is 0 Å². The van der Waals surface area contributed by atoms with Crippen LogP contribution in [0.4, 0.5) is 13.2 Å². The quantitative estimate of drug-likeness (QED) is 0.271. The molecule has 1 fully saturated rings. The third-order valence-corrected chi connectivity index (χ3v) is 5.56. The lowest BCUT2D eigenvalue weighted by Crippen LogP contribution is -2.42. The summed E-state index contributed by atoms with van der Waals surface area (Å²) in [5, 5.41) is 23.7. The number of amides is 1. The van der Waals surface area contributed by atoms with Crippen LogP contribution in [0.15, 0.2) is 30.3 Å². The average molecular weight is 512 g/mol. The first-order valence-electron chi connectivity index (χ1n) is 12.1. The molecule has 1 aromatic carbocycles. The molecule has 7 nitrogen and oxygen atoms in total. The number of halogens is 3. The van der Waals surface area contributed by atoms with Gasteiger partial charge in [0.15, 0.2) is 0 Å². The van der Waals surface area contributed by atoms with E-state index in [0.717, 1.165) is 37.8 Å². The molecule has 0 heterocycles. The monoisotopic (exact) mass is 511 g/mol.